The lowest BCUT2D eigenvalue weighted by atomic mass is 9.91. The number of H-pyrrole nitrogens is 1. The molecule has 0 saturated carbocycles. The van der Waals surface area contributed by atoms with Gasteiger partial charge in [-0.3, -0.25) is 4.79 Å². The van der Waals surface area contributed by atoms with E-state index in [2.05, 4.69) is 25.8 Å². The first-order valence-corrected chi connectivity index (χ1v) is 6.16. The van der Waals surface area contributed by atoms with Gasteiger partial charge in [0.2, 0.25) is 0 Å². The first-order valence-electron chi connectivity index (χ1n) is 6.16. The topological polar surface area (TPSA) is 51.3 Å². The number of ether oxygens (including phenoxy) is 2. The van der Waals surface area contributed by atoms with Crippen molar-refractivity contribution in [3.63, 3.8) is 0 Å². The maximum absolute atomic E-state index is 12.3. The van der Waals surface area contributed by atoms with Gasteiger partial charge in [0.1, 0.15) is 11.5 Å². The second-order valence-corrected chi connectivity index (χ2v) is 5.55. The standard InChI is InChI=1S/C15H19NO3/c1-15(2,3)13-8-11(17)10-6-9(18-4)7-12(19-5)14(10)16-13/h6-8H,1-5H3,(H,16,17). The van der Waals surface area contributed by atoms with Crippen molar-refractivity contribution in [3.8, 4) is 11.5 Å². The number of methoxy groups -OCH3 is 2. The van der Waals surface area contributed by atoms with Gasteiger partial charge in [-0.1, -0.05) is 20.8 Å². The molecule has 102 valence electrons. The van der Waals surface area contributed by atoms with Crippen LogP contribution in [-0.4, -0.2) is 19.2 Å². The lowest BCUT2D eigenvalue weighted by molar-refractivity contribution is 0.397. The molecule has 1 aromatic carbocycles. The average Bonchev–Trinajstić information content (AvgIpc) is 2.36. The Morgan fingerprint density at radius 1 is 1.05 bits per heavy atom. The van der Waals surface area contributed by atoms with E-state index in [9.17, 15) is 4.79 Å². The maximum Gasteiger partial charge on any atom is 0.189 e. The van der Waals surface area contributed by atoms with Crippen LogP contribution in [-0.2, 0) is 5.41 Å². The lowest BCUT2D eigenvalue weighted by Crippen LogP contribution is -2.17. The Bertz CT molecular complexity index is 665. The molecule has 0 bridgehead atoms. The number of hydrogen-bond donors (Lipinski definition) is 1. The summed E-state index contributed by atoms with van der Waals surface area (Å²) in [6.07, 6.45) is 0. The highest BCUT2D eigenvalue weighted by molar-refractivity contribution is 5.86. The Kier molecular flexibility index (Phi) is 3.27. The van der Waals surface area contributed by atoms with E-state index in [4.69, 9.17) is 9.47 Å². The van der Waals surface area contributed by atoms with Gasteiger partial charge in [-0.25, -0.2) is 0 Å². The average molecular weight is 261 g/mol. The summed E-state index contributed by atoms with van der Waals surface area (Å²) in [5.74, 6) is 1.22. The van der Waals surface area contributed by atoms with Crippen molar-refractivity contribution in [2.45, 2.75) is 26.2 Å². The number of rotatable bonds is 2. The molecular weight excluding hydrogens is 242 g/mol. The highest BCUT2D eigenvalue weighted by Gasteiger charge is 2.18. The quantitative estimate of drug-likeness (QED) is 0.904. The first-order chi connectivity index (χ1) is 8.86. The number of benzene rings is 1. The molecule has 2 aromatic rings. The van der Waals surface area contributed by atoms with E-state index in [1.54, 1.807) is 32.4 Å². The van der Waals surface area contributed by atoms with Crippen molar-refractivity contribution >= 4 is 10.9 Å². The fourth-order valence-electron chi connectivity index (χ4n) is 1.98. The molecule has 0 spiro atoms. The van der Waals surface area contributed by atoms with Gasteiger partial charge in [-0.2, -0.15) is 0 Å². The van der Waals surface area contributed by atoms with Crippen LogP contribution in [0.3, 0.4) is 0 Å². The number of pyridine rings is 1. The monoisotopic (exact) mass is 261 g/mol. The van der Waals surface area contributed by atoms with Crippen LogP contribution in [0.15, 0.2) is 23.0 Å². The summed E-state index contributed by atoms with van der Waals surface area (Å²) in [7, 11) is 3.15. The van der Waals surface area contributed by atoms with E-state index in [1.165, 1.54) is 0 Å². The molecule has 0 unspecified atom stereocenters. The third-order valence-electron chi connectivity index (χ3n) is 3.14. The Balaban J connectivity index is 2.84. The van der Waals surface area contributed by atoms with Gasteiger partial charge in [0.15, 0.2) is 5.43 Å². The van der Waals surface area contributed by atoms with Gasteiger partial charge in [-0.15, -0.1) is 0 Å². The lowest BCUT2D eigenvalue weighted by Gasteiger charge is -2.20. The van der Waals surface area contributed by atoms with Gasteiger partial charge in [0, 0.05) is 23.2 Å². The maximum atomic E-state index is 12.3. The number of hydrogen-bond acceptors (Lipinski definition) is 3. The van der Waals surface area contributed by atoms with Crippen LogP contribution in [0.1, 0.15) is 26.5 Å². The van der Waals surface area contributed by atoms with Crippen molar-refractivity contribution < 1.29 is 9.47 Å². The molecule has 0 aliphatic heterocycles. The van der Waals surface area contributed by atoms with Crippen molar-refractivity contribution in [2.24, 2.45) is 0 Å². The molecule has 0 aliphatic rings. The molecule has 4 heteroatoms. The van der Waals surface area contributed by atoms with Crippen LogP contribution in [0.5, 0.6) is 11.5 Å². The third-order valence-corrected chi connectivity index (χ3v) is 3.14. The molecule has 0 aliphatic carbocycles. The smallest absolute Gasteiger partial charge is 0.189 e. The zero-order valence-electron chi connectivity index (χ0n) is 12.0. The van der Waals surface area contributed by atoms with E-state index >= 15 is 0 Å². The van der Waals surface area contributed by atoms with E-state index in [-0.39, 0.29) is 10.8 Å². The minimum absolute atomic E-state index is 0.0316. The fourth-order valence-corrected chi connectivity index (χ4v) is 1.98. The van der Waals surface area contributed by atoms with Gasteiger partial charge in [0.25, 0.3) is 0 Å². The SMILES string of the molecule is COc1cc(OC)c2[nH]c(C(C)(C)C)cc(=O)c2c1. The van der Waals surface area contributed by atoms with Gasteiger partial charge >= 0.3 is 0 Å². The minimum Gasteiger partial charge on any atom is -0.497 e. The summed E-state index contributed by atoms with van der Waals surface area (Å²) in [5, 5.41) is 0.573. The molecular formula is C15H19NO3. The summed E-state index contributed by atoms with van der Waals surface area (Å²) in [6.45, 7) is 6.17. The molecule has 1 N–H and O–H groups in total. The number of aromatic nitrogens is 1. The summed E-state index contributed by atoms with van der Waals surface area (Å²) in [5.41, 5.74) is 1.43. The second kappa shape index (κ2) is 4.61. The molecule has 2 rings (SSSR count). The number of nitrogens with one attached hydrogen (secondary N) is 1. The summed E-state index contributed by atoms with van der Waals surface area (Å²) >= 11 is 0. The number of aromatic amines is 1. The van der Waals surface area contributed by atoms with Crippen molar-refractivity contribution in [3.05, 3.63) is 34.1 Å². The molecule has 19 heavy (non-hydrogen) atoms. The zero-order valence-corrected chi connectivity index (χ0v) is 12.0. The Hall–Kier alpha value is -1.97. The molecule has 0 atom stereocenters. The predicted molar refractivity (Wildman–Crippen MR) is 76.4 cm³/mol. The van der Waals surface area contributed by atoms with Crippen molar-refractivity contribution in [1.82, 2.24) is 4.98 Å². The molecule has 4 nitrogen and oxygen atoms in total. The molecule has 1 heterocycles. The molecule has 0 fully saturated rings. The predicted octanol–water partition coefficient (Wildman–Crippen LogP) is 2.84. The molecule has 1 aromatic heterocycles. The third kappa shape index (κ3) is 2.43. The molecule has 0 radical (unpaired) electrons. The van der Waals surface area contributed by atoms with Crippen LogP contribution in [0.2, 0.25) is 0 Å². The van der Waals surface area contributed by atoms with Crippen LogP contribution >= 0.6 is 0 Å². The Morgan fingerprint density at radius 2 is 1.74 bits per heavy atom. The van der Waals surface area contributed by atoms with E-state index in [1.807, 2.05) is 0 Å². The normalized spacial score (nSPS) is 11.6. The van der Waals surface area contributed by atoms with Crippen molar-refractivity contribution in [2.75, 3.05) is 14.2 Å². The first kappa shape index (κ1) is 13.5. The number of fused-ring (bicyclic) bond motifs is 1. The van der Waals surface area contributed by atoms with Crippen LogP contribution < -0.4 is 14.9 Å². The van der Waals surface area contributed by atoms with E-state index in [0.717, 1.165) is 5.69 Å². The highest BCUT2D eigenvalue weighted by Crippen LogP contribution is 2.30. The minimum atomic E-state index is -0.127. The fraction of sp³-hybridized carbons (Fsp3) is 0.400. The zero-order chi connectivity index (χ0) is 14.2. The summed E-state index contributed by atoms with van der Waals surface area (Å²) < 4.78 is 10.5. The largest absolute Gasteiger partial charge is 0.497 e. The van der Waals surface area contributed by atoms with Crippen LogP contribution in [0, 0.1) is 0 Å². The van der Waals surface area contributed by atoms with Gasteiger partial charge < -0.3 is 14.5 Å². The van der Waals surface area contributed by atoms with Crippen LogP contribution in [0.25, 0.3) is 10.9 Å². The molecule has 0 saturated heterocycles. The van der Waals surface area contributed by atoms with Crippen LogP contribution in [0.4, 0.5) is 0 Å². The second-order valence-electron chi connectivity index (χ2n) is 5.55. The summed E-state index contributed by atoms with van der Waals surface area (Å²) in [4.78, 5) is 15.5. The Morgan fingerprint density at radius 3 is 2.26 bits per heavy atom. The van der Waals surface area contributed by atoms with Gasteiger partial charge in [-0.05, 0) is 6.07 Å². The van der Waals surface area contributed by atoms with Crippen molar-refractivity contribution in [1.29, 1.82) is 0 Å². The molecule has 0 amide bonds. The highest BCUT2D eigenvalue weighted by atomic mass is 16.5. The summed E-state index contributed by atoms with van der Waals surface area (Å²) in [6, 6.07) is 5.13. The van der Waals surface area contributed by atoms with E-state index < -0.39 is 0 Å². The van der Waals surface area contributed by atoms with E-state index in [0.29, 0.717) is 22.4 Å². The van der Waals surface area contributed by atoms with Gasteiger partial charge in [0.05, 0.1) is 25.1 Å². The Labute approximate surface area is 112 Å².